The quantitative estimate of drug-likeness (QED) is 0.793. The Kier molecular flexibility index (Phi) is 4.76. The number of imide groups is 1. The first kappa shape index (κ1) is 16.4. The smallest absolute Gasteiger partial charge is 0.255 e. The molecule has 3 rings (SSSR count). The van der Waals surface area contributed by atoms with Crippen LogP contribution in [0.25, 0.3) is 0 Å². The lowest BCUT2D eigenvalue weighted by atomic mass is 9.98. The Bertz CT molecular complexity index is 785. The van der Waals surface area contributed by atoms with Crippen LogP contribution in [0.1, 0.15) is 22.3 Å². The predicted molar refractivity (Wildman–Crippen MR) is 93.5 cm³/mol. The molecule has 2 aromatic rings. The maximum atomic E-state index is 12.2. The lowest BCUT2D eigenvalue weighted by molar-refractivity contribution is -0.125. The molecule has 2 aromatic carbocycles. The SMILES string of the molecule is O=C1CC(Cc2ccc(NC(=O)c3ccc(Br)cc3)cc2)C(=O)N1. The summed E-state index contributed by atoms with van der Waals surface area (Å²) in [6, 6.07) is 14.4. The van der Waals surface area contributed by atoms with Gasteiger partial charge in [0.2, 0.25) is 11.8 Å². The van der Waals surface area contributed by atoms with Gasteiger partial charge in [0.1, 0.15) is 0 Å². The van der Waals surface area contributed by atoms with E-state index in [1.165, 1.54) is 0 Å². The van der Waals surface area contributed by atoms with Crippen LogP contribution in [0.5, 0.6) is 0 Å². The second-order valence-electron chi connectivity index (χ2n) is 5.68. The zero-order valence-electron chi connectivity index (χ0n) is 12.7. The molecule has 2 N–H and O–H groups in total. The van der Waals surface area contributed by atoms with Crippen LogP contribution in [0, 0.1) is 5.92 Å². The highest BCUT2D eigenvalue weighted by molar-refractivity contribution is 9.10. The molecular formula is C18H15BrN2O3. The van der Waals surface area contributed by atoms with Gasteiger partial charge in [-0.05, 0) is 48.4 Å². The minimum absolute atomic E-state index is 0.184. The molecule has 24 heavy (non-hydrogen) atoms. The Balaban J connectivity index is 1.62. The molecular weight excluding hydrogens is 372 g/mol. The van der Waals surface area contributed by atoms with Crippen LogP contribution in [0.4, 0.5) is 5.69 Å². The molecule has 0 spiro atoms. The molecule has 6 heteroatoms. The third kappa shape index (κ3) is 3.89. The van der Waals surface area contributed by atoms with Crippen LogP contribution in [0.15, 0.2) is 53.0 Å². The monoisotopic (exact) mass is 386 g/mol. The maximum Gasteiger partial charge on any atom is 0.255 e. The van der Waals surface area contributed by atoms with E-state index in [4.69, 9.17) is 0 Å². The van der Waals surface area contributed by atoms with E-state index in [1.54, 1.807) is 24.3 Å². The molecule has 0 aliphatic carbocycles. The molecule has 0 saturated carbocycles. The zero-order chi connectivity index (χ0) is 17.1. The molecule has 1 unspecified atom stereocenters. The fraction of sp³-hybridized carbons (Fsp3) is 0.167. The van der Waals surface area contributed by atoms with Crippen LogP contribution in [-0.4, -0.2) is 17.7 Å². The minimum Gasteiger partial charge on any atom is -0.322 e. The second-order valence-corrected chi connectivity index (χ2v) is 6.59. The van der Waals surface area contributed by atoms with Crippen LogP contribution in [0.2, 0.25) is 0 Å². The van der Waals surface area contributed by atoms with E-state index in [1.807, 2.05) is 24.3 Å². The van der Waals surface area contributed by atoms with E-state index in [2.05, 4.69) is 26.6 Å². The van der Waals surface area contributed by atoms with Gasteiger partial charge in [-0.3, -0.25) is 19.7 Å². The molecule has 1 fully saturated rings. The third-order valence-corrected chi connectivity index (χ3v) is 4.39. The zero-order valence-corrected chi connectivity index (χ0v) is 14.3. The summed E-state index contributed by atoms with van der Waals surface area (Å²) in [6.45, 7) is 0. The highest BCUT2D eigenvalue weighted by Crippen LogP contribution is 2.19. The highest BCUT2D eigenvalue weighted by Gasteiger charge is 2.30. The Morgan fingerprint density at radius 3 is 2.33 bits per heavy atom. The van der Waals surface area contributed by atoms with Gasteiger partial charge in [-0.2, -0.15) is 0 Å². The Morgan fingerprint density at radius 1 is 1.08 bits per heavy atom. The number of amides is 3. The molecule has 0 bridgehead atoms. The van der Waals surface area contributed by atoms with E-state index in [0.29, 0.717) is 17.7 Å². The van der Waals surface area contributed by atoms with Crippen LogP contribution >= 0.6 is 15.9 Å². The van der Waals surface area contributed by atoms with Crippen molar-refractivity contribution in [3.8, 4) is 0 Å². The maximum absolute atomic E-state index is 12.2. The summed E-state index contributed by atoms with van der Waals surface area (Å²) in [5, 5.41) is 5.14. The van der Waals surface area contributed by atoms with Crippen LogP contribution in [-0.2, 0) is 16.0 Å². The van der Waals surface area contributed by atoms with Crippen molar-refractivity contribution in [3.05, 3.63) is 64.1 Å². The first-order valence-corrected chi connectivity index (χ1v) is 8.30. The van der Waals surface area contributed by atoms with E-state index >= 15 is 0 Å². The van der Waals surface area contributed by atoms with Crippen molar-refractivity contribution in [1.82, 2.24) is 5.32 Å². The standard InChI is InChI=1S/C18H15BrN2O3/c19-14-5-3-12(4-6-14)17(23)20-15-7-1-11(2-8-15)9-13-10-16(22)21-18(13)24/h1-8,13H,9-10H2,(H,20,23)(H,21,22,24). The Hall–Kier alpha value is -2.47. The average Bonchev–Trinajstić information content (AvgIpc) is 2.87. The molecule has 3 amide bonds. The molecule has 1 heterocycles. The first-order chi connectivity index (χ1) is 11.5. The largest absolute Gasteiger partial charge is 0.322 e. The summed E-state index contributed by atoms with van der Waals surface area (Å²) in [7, 11) is 0. The summed E-state index contributed by atoms with van der Waals surface area (Å²) in [6.07, 6.45) is 0.749. The molecule has 1 aliphatic rings. The number of anilines is 1. The summed E-state index contributed by atoms with van der Waals surface area (Å²) in [5.74, 6) is -0.923. The number of hydrogen-bond donors (Lipinski definition) is 2. The van der Waals surface area contributed by atoms with Crippen molar-refractivity contribution in [2.75, 3.05) is 5.32 Å². The fourth-order valence-electron chi connectivity index (χ4n) is 2.59. The lowest BCUT2D eigenvalue weighted by Gasteiger charge is -2.09. The number of halogens is 1. The van der Waals surface area contributed by atoms with Crippen molar-refractivity contribution in [3.63, 3.8) is 0 Å². The molecule has 122 valence electrons. The van der Waals surface area contributed by atoms with E-state index in [0.717, 1.165) is 10.0 Å². The van der Waals surface area contributed by atoms with E-state index < -0.39 is 0 Å². The van der Waals surface area contributed by atoms with Gasteiger partial charge in [0.25, 0.3) is 5.91 Å². The topological polar surface area (TPSA) is 75.3 Å². The number of carbonyl (C=O) groups is 3. The molecule has 5 nitrogen and oxygen atoms in total. The first-order valence-electron chi connectivity index (χ1n) is 7.51. The van der Waals surface area contributed by atoms with Crippen molar-refractivity contribution in [2.24, 2.45) is 5.92 Å². The number of hydrogen-bond acceptors (Lipinski definition) is 3. The molecule has 1 aliphatic heterocycles. The minimum atomic E-state index is -0.305. The average molecular weight is 387 g/mol. The van der Waals surface area contributed by atoms with Gasteiger partial charge in [-0.1, -0.05) is 28.1 Å². The summed E-state index contributed by atoms with van der Waals surface area (Å²) >= 11 is 3.33. The van der Waals surface area contributed by atoms with Crippen molar-refractivity contribution in [1.29, 1.82) is 0 Å². The fourth-order valence-corrected chi connectivity index (χ4v) is 2.85. The van der Waals surface area contributed by atoms with Crippen LogP contribution in [0.3, 0.4) is 0 Å². The van der Waals surface area contributed by atoms with Gasteiger partial charge in [-0.25, -0.2) is 0 Å². The van der Waals surface area contributed by atoms with Gasteiger partial charge in [0, 0.05) is 22.1 Å². The Labute approximate surface area is 147 Å². The summed E-state index contributed by atoms with van der Waals surface area (Å²) in [4.78, 5) is 34.9. The summed E-state index contributed by atoms with van der Waals surface area (Å²) < 4.78 is 0.915. The molecule has 0 radical (unpaired) electrons. The lowest BCUT2D eigenvalue weighted by Crippen LogP contribution is -2.22. The van der Waals surface area contributed by atoms with Gasteiger partial charge in [0.05, 0.1) is 5.92 Å². The highest BCUT2D eigenvalue weighted by atomic mass is 79.9. The van der Waals surface area contributed by atoms with E-state index in [-0.39, 0.29) is 30.1 Å². The van der Waals surface area contributed by atoms with Gasteiger partial charge in [-0.15, -0.1) is 0 Å². The Morgan fingerprint density at radius 2 is 1.75 bits per heavy atom. The van der Waals surface area contributed by atoms with Crippen LogP contribution < -0.4 is 10.6 Å². The molecule has 1 saturated heterocycles. The number of benzene rings is 2. The normalized spacial score (nSPS) is 16.8. The van der Waals surface area contributed by atoms with Crippen molar-refractivity contribution < 1.29 is 14.4 Å². The molecule has 0 aromatic heterocycles. The van der Waals surface area contributed by atoms with Gasteiger partial charge < -0.3 is 5.32 Å². The second kappa shape index (κ2) is 6.97. The summed E-state index contributed by atoms with van der Waals surface area (Å²) in [5.41, 5.74) is 2.20. The van der Waals surface area contributed by atoms with Crippen molar-refractivity contribution in [2.45, 2.75) is 12.8 Å². The van der Waals surface area contributed by atoms with E-state index in [9.17, 15) is 14.4 Å². The number of rotatable bonds is 4. The molecule has 1 atom stereocenters. The van der Waals surface area contributed by atoms with Gasteiger partial charge >= 0.3 is 0 Å². The third-order valence-electron chi connectivity index (χ3n) is 3.87. The van der Waals surface area contributed by atoms with Crippen molar-refractivity contribution >= 4 is 39.3 Å². The number of carbonyl (C=O) groups excluding carboxylic acids is 3. The predicted octanol–water partition coefficient (Wildman–Crippen LogP) is 2.91. The number of nitrogens with one attached hydrogen (secondary N) is 2. The van der Waals surface area contributed by atoms with Gasteiger partial charge in [0.15, 0.2) is 0 Å².